The highest BCUT2D eigenvalue weighted by molar-refractivity contribution is 7.89. The number of rotatable bonds is 5. The molecule has 3 rings (SSSR count). The monoisotopic (exact) mass is 416 g/mol. The molecular weight excluding hydrogens is 395 g/mol. The van der Waals surface area contributed by atoms with Crippen LogP contribution in [0, 0.1) is 17.1 Å². The first kappa shape index (κ1) is 20.9. The highest BCUT2D eigenvalue weighted by Gasteiger charge is 2.33. The van der Waals surface area contributed by atoms with Crippen molar-refractivity contribution in [2.24, 2.45) is 0 Å². The third-order valence-electron chi connectivity index (χ3n) is 4.94. The quantitative estimate of drug-likeness (QED) is 0.805. The van der Waals surface area contributed by atoms with Crippen LogP contribution in [0.3, 0.4) is 0 Å². The summed E-state index contributed by atoms with van der Waals surface area (Å²) >= 11 is 0. The molecule has 0 saturated carbocycles. The van der Waals surface area contributed by atoms with Crippen molar-refractivity contribution < 1.29 is 17.6 Å². The molecule has 1 aliphatic heterocycles. The Kier molecular flexibility index (Phi) is 6.27. The number of nitrogens with one attached hydrogen (secondary N) is 1. The van der Waals surface area contributed by atoms with E-state index >= 15 is 0 Å². The van der Waals surface area contributed by atoms with Gasteiger partial charge in [-0.1, -0.05) is 12.1 Å². The van der Waals surface area contributed by atoms with Gasteiger partial charge in [-0.2, -0.15) is 9.57 Å². The normalized spacial score (nSPS) is 16.7. The Bertz CT molecular complexity index is 1030. The number of carbonyl (C=O) groups excluding carboxylic acids is 1. The number of benzene rings is 2. The van der Waals surface area contributed by atoms with Gasteiger partial charge >= 0.3 is 0 Å². The molecule has 0 spiro atoms. The van der Waals surface area contributed by atoms with Crippen LogP contribution in [0.1, 0.15) is 12.5 Å². The Morgan fingerprint density at radius 2 is 1.72 bits per heavy atom. The van der Waals surface area contributed by atoms with E-state index in [1.807, 2.05) is 11.0 Å². The summed E-state index contributed by atoms with van der Waals surface area (Å²) in [7, 11) is -3.91. The number of amides is 1. The first-order chi connectivity index (χ1) is 13.8. The summed E-state index contributed by atoms with van der Waals surface area (Å²) in [5, 5.41) is 11.6. The molecule has 2 aromatic rings. The summed E-state index contributed by atoms with van der Waals surface area (Å²) in [6.07, 6.45) is 0. The number of sulfonamides is 1. The fourth-order valence-corrected chi connectivity index (χ4v) is 4.65. The SMILES string of the molecule is C[C@H](C(=O)Nc1ccc(C#N)cc1)N1CCN(S(=O)(=O)c2ccccc2F)CC1. The van der Waals surface area contributed by atoms with E-state index in [-0.39, 0.29) is 23.9 Å². The molecule has 0 aliphatic carbocycles. The van der Waals surface area contributed by atoms with Crippen LogP contribution in [0.15, 0.2) is 53.4 Å². The number of nitrogens with zero attached hydrogens (tertiary/aromatic N) is 3. The zero-order valence-corrected chi connectivity index (χ0v) is 16.7. The highest BCUT2D eigenvalue weighted by Crippen LogP contribution is 2.21. The summed E-state index contributed by atoms with van der Waals surface area (Å²) in [5.74, 6) is -0.995. The molecule has 1 aliphatic rings. The molecule has 1 atom stereocenters. The lowest BCUT2D eigenvalue weighted by atomic mass is 10.2. The van der Waals surface area contributed by atoms with Crippen molar-refractivity contribution in [3.8, 4) is 6.07 Å². The van der Waals surface area contributed by atoms with Crippen LogP contribution in [0.5, 0.6) is 0 Å². The minimum atomic E-state index is -3.91. The fourth-order valence-electron chi connectivity index (χ4n) is 3.16. The van der Waals surface area contributed by atoms with Gasteiger partial charge in [-0.3, -0.25) is 9.69 Å². The molecule has 1 saturated heterocycles. The number of carbonyl (C=O) groups is 1. The maximum Gasteiger partial charge on any atom is 0.246 e. The molecule has 2 aromatic carbocycles. The number of anilines is 1. The minimum absolute atomic E-state index is 0.172. The molecule has 1 amide bonds. The van der Waals surface area contributed by atoms with Crippen LogP contribution in [-0.2, 0) is 14.8 Å². The van der Waals surface area contributed by atoms with Crippen molar-refractivity contribution in [3.05, 3.63) is 59.9 Å². The Balaban J connectivity index is 1.60. The number of halogens is 1. The van der Waals surface area contributed by atoms with E-state index in [9.17, 15) is 17.6 Å². The predicted octanol–water partition coefficient (Wildman–Crippen LogP) is 2.03. The Hall–Kier alpha value is -2.80. The first-order valence-corrected chi connectivity index (χ1v) is 10.6. The molecule has 1 fully saturated rings. The maximum atomic E-state index is 13.9. The summed E-state index contributed by atoms with van der Waals surface area (Å²) in [6.45, 7) is 2.81. The molecule has 1 heterocycles. The summed E-state index contributed by atoms with van der Waals surface area (Å²) in [4.78, 5) is 14.1. The standard InChI is InChI=1S/C20H21FN4O3S/c1-15(20(26)23-17-8-6-16(14-22)7-9-17)24-10-12-25(13-11-24)29(27,28)19-5-3-2-4-18(19)21/h2-9,15H,10-13H2,1H3,(H,23,26)/t15-/m1/s1. The largest absolute Gasteiger partial charge is 0.325 e. The Morgan fingerprint density at radius 1 is 1.10 bits per heavy atom. The fraction of sp³-hybridized carbons (Fsp3) is 0.300. The second kappa shape index (κ2) is 8.69. The number of hydrogen-bond acceptors (Lipinski definition) is 5. The molecule has 9 heteroatoms. The molecule has 0 aromatic heterocycles. The van der Waals surface area contributed by atoms with Crippen molar-refractivity contribution in [2.75, 3.05) is 31.5 Å². The van der Waals surface area contributed by atoms with E-state index in [1.54, 1.807) is 31.2 Å². The second-order valence-electron chi connectivity index (χ2n) is 6.72. The number of hydrogen-bond donors (Lipinski definition) is 1. The molecular formula is C20H21FN4O3S. The number of piperazine rings is 1. The maximum absolute atomic E-state index is 13.9. The zero-order valence-electron chi connectivity index (χ0n) is 15.9. The first-order valence-electron chi connectivity index (χ1n) is 9.12. The van der Waals surface area contributed by atoms with Gasteiger partial charge in [-0.25, -0.2) is 12.8 Å². The lowest BCUT2D eigenvalue weighted by Crippen LogP contribution is -2.54. The van der Waals surface area contributed by atoms with Crippen molar-refractivity contribution in [2.45, 2.75) is 17.9 Å². The van der Waals surface area contributed by atoms with Gasteiger partial charge in [-0.15, -0.1) is 0 Å². The van der Waals surface area contributed by atoms with E-state index in [0.717, 1.165) is 6.07 Å². The van der Waals surface area contributed by atoms with E-state index in [4.69, 9.17) is 5.26 Å². The molecule has 152 valence electrons. The smallest absolute Gasteiger partial charge is 0.246 e. The van der Waals surface area contributed by atoms with E-state index in [2.05, 4.69) is 5.32 Å². The summed E-state index contributed by atoms with van der Waals surface area (Å²) < 4.78 is 40.5. The molecule has 0 unspecified atom stereocenters. The zero-order chi connectivity index (χ0) is 21.0. The summed E-state index contributed by atoms with van der Waals surface area (Å²) in [6, 6.07) is 13.4. The van der Waals surface area contributed by atoms with Crippen LogP contribution in [0.2, 0.25) is 0 Å². The van der Waals surface area contributed by atoms with Gasteiger partial charge in [0.25, 0.3) is 0 Å². The van der Waals surface area contributed by atoms with Crippen LogP contribution in [0.25, 0.3) is 0 Å². The topological polar surface area (TPSA) is 93.5 Å². The van der Waals surface area contributed by atoms with Gasteiger partial charge in [0.15, 0.2) is 0 Å². The van der Waals surface area contributed by atoms with Gasteiger partial charge in [0, 0.05) is 31.9 Å². The summed E-state index contributed by atoms with van der Waals surface area (Å²) in [5.41, 5.74) is 1.09. The van der Waals surface area contributed by atoms with Crippen molar-refractivity contribution in [1.82, 2.24) is 9.21 Å². The average molecular weight is 416 g/mol. The molecule has 29 heavy (non-hydrogen) atoms. The van der Waals surface area contributed by atoms with Crippen molar-refractivity contribution >= 4 is 21.6 Å². The average Bonchev–Trinajstić information content (AvgIpc) is 2.74. The van der Waals surface area contributed by atoms with Gasteiger partial charge in [0.05, 0.1) is 17.7 Å². The van der Waals surface area contributed by atoms with E-state index in [0.29, 0.717) is 24.3 Å². The number of nitriles is 1. The molecule has 0 radical (unpaired) electrons. The van der Waals surface area contributed by atoms with E-state index in [1.165, 1.54) is 22.5 Å². The van der Waals surface area contributed by atoms with Crippen LogP contribution >= 0.6 is 0 Å². The lowest BCUT2D eigenvalue weighted by molar-refractivity contribution is -0.121. The lowest BCUT2D eigenvalue weighted by Gasteiger charge is -2.36. The second-order valence-corrected chi connectivity index (χ2v) is 8.63. The molecule has 1 N–H and O–H groups in total. The molecule has 7 nitrogen and oxygen atoms in total. The predicted molar refractivity (Wildman–Crippen MR) is 106 cm³/mol. The van der Waals surface area contributed by atoms with Gasteiger partial charge in [-0.05, 0) is 43.3 Å². The van der Waals surface area contributed by atoms with Crippen molar-refractivity contribution in [3.63, 3.8) is 0 Å². The highest BCUT2D eigenvalue weighted by atomic mass is 32.2. The van der Waals surface area contributed by atoms with Gasteiger partial charge in [0.1, 0.15) is 10.7 Å². The third-order valence-corrected chi connectivity index (χ3v) is 6.87. The van der Waals surface area contributed by atoms with Crippen LogP contribution in [0.4, 0.5) is 10.1 Å². The Labute approximate surface area is 169 Å². The minimum Gasteiger partial charge on any atom is -0.325 e. The Morgan fingerprint density at radius 3 is 2.31 bits per heavy atom. The van der Waals surface area contributed by atoms with Gasteiger partial charge < -0.3 is 5.32 Å². The van der Waals surface area contributed by atoms with Crippen LogP contribution < -0.4 is 5.32 Å². The molecule has 0 bridgehead atoms. The third kappa shape index (κ3) is 4.62. The van der Waals surface area contributed by atoms with Crippen molar-refractivity contribution in [1.29, 1.82) is 5.26 Å². The van der Waals surface area contributed by atoms with Crippen LogP contribution in [-0.4, -0.2) is 55.8 Å². The van der Waals surface area contributed by atoms with Gasteiger partial charge in [0.2, 0.25) is 15.9 Å². The van der Waals surface area contributed by atoms with E-state index < -0.39 is 21.9 Å².